The average Bonchev–Trinajstić information content (AvgIpc) is 2.95. The van der Waals surface area contributed by atoms with Crippen LogP contribution in [-0.4, -0.2) is 16.7 Å². The molecule has 114 valence electrons. The standard InChI is InChI=1S/C18H14N2O2S/c1-11-4-3-5-12(10-11)20-9-7-13-15-14(22-2)6-8-19-17(15)23-16(13)18(20)21/h3-10H,1-2H3. The van der Waals surface area contributed by atoms with E-state index in [1.807, 2.05) is 49.5 Å². The number of fused-ring (bicyclic) bond motifs is 3. The van der Waals surface area contributed by atoms with E-state index < -0.39 is 0 Å². The molecular formula is C18H14N2O2S. The molecule has 0 saturated carbocycles. The lowest BCUT2D eigenvalue weighted by Crippen LogP contribution is -2.16. The molecule has 5 heteroatoms. The Labute approximate surface area is 136 Å². The normalized spacial score (nSPS) is 11.2. The zero-order valence-corrected chi connectivity index (χ0v) is 13.6. The summed E-state index contributed by atoms with van der Waals surface area (Å²) in [4.78, 5) is 18.1. The van der Waals surface area contributed by atoms with Crippen molar-refractivity contribution in [2.24, 2.45) is 0 Å². The minimum absolute atomic E-state index is 0.0295. The van der Waals surface area contributed by atoms with E-state index in [0.717, 1.165) is 32.6 Å². The van der Waals surface area contributed by atoms with Gasteiger partial charge in [0.05, 0.1) is 12.5 Å². The van der Waals surface area contributed by atoms with Gasteiger partial charge in [0.15, 0.2) is 0 Å². The van der Waals surface area contributed by atoms with Crippen molar-refractivity contribution in [3.8, 4) is 11.4 Å². The molecule has 0 unspecified atom stereocenters. The van der Waals surface area contributed by atoms with Crippen LogP contribution in [0.25, 0.3) is 26.0 Å². The van der Waals surface area contributed by atoms with Gasteiger partial charge < -0.3 is 4.74 Å². The summed E-state index contributed by atoms with van der Waals surface area (Å²) in [7, 11) is 1.63. The predicted octanol–water partition coefficient (Wildman–Crippen LogP) is 3.92. The predicted molar refractivity (Wildman–Crippen MR) is 94.0 cm³/mol. The number of aryl methyl sites for hydroxylation is 1. The highest BCUT2D eigenvalue weighted by molar-refractivity contribution is 7.25. The molecule has 23 heavy (non-hydrogen) atoms. The molecule has 4 aromatic rings. The quantitative estimate of drug-likeness (QED) is 0.562. The van der Waals surface area contributed by atoms with E-state index in [1.54, 1.807) is 17.9 Å². The molecule has 3 heterocycles. The van der Waals surface area contributed by atoms with Gasteiger partial charge >= 0.3 is 0 Å². The fourth-order valence-electron chi connectivity index (χ4n) is 2.81. The number of pyridine rings is 2. The SMILES string of the molecule is COc1ccnc2sc3c(=O)n(-c4cccc(C)c4)ccc3c12. The van der Waals surface area contributed by atoms with Gasteiger partial charge in [0.25, 0.3) is 5.56 Å². The zero-order chi connectivity index (χ0) is 16.0. The van der Waals surface area contributed by atoms with Gasteiger partial charge in [-0.25, -0.2) is 4.98 Å². The summed E-state index contributed by atoms with van der Waals surface area (Å²) in [5.41, 5.74) is 1.96. The van der Waals surface area contributed by atoms with E-state index in [-0.39, 0.29) is 5.56 Å². The first-order chi connectivity index (χ1) is 11.2. The number of ether oxygens (including phenoxy) is 1. The van der Waals surface area contributed by atoms with Crippen molar-refractivity contribution in [1.82, 2.24) is 9.55 Å². The lowest BCUT2D eigenvalue weighted by atomic mass is 10.2. The molecule has 0 radical (unpaired) electrons. The van der Waals surface area contributed by atoms with E-state index >= 15 is 0 Å². The lowest BCUT2D eigenvalue weighted by Gasteiger charge is -2.07. The highest BCUT2D eigenvalue weighted by Crippen LogP contribution is 2.36. The maximum Gasteiger partial charge on any atom is 0.273 e. The van der Waals surface area contributed by atoms with E-state index in [0.29, 0.717) is 4.70 Å². The molecule has 0 atom stereocenters. The minimum Gasteiger partial charge on any atom is -0.496 e. The largest absolute Gasteiger partial charge is 0.496 e. The van der Waals surface area contributed by atoms with Crippen molar-refractivity contribution in [2.45, 2.75) is 6.92 Å². The summed E-state index contributed by atoms with van der Waals surface area (Å²) in [6.45, 7) is 2.02. The van der Waals surface area contributed by atoms with Gasteiger partial charge in [-0.2, -0.15) is 0 Å². The second kappa shape index (κ2) is 5.21. The third kappa shape index (κ3) is 2.12. The Morgan fingerprint density at radius 2 is 2.09 bits per heavy atom. The van der Waals surface area contributed by atoms with Gasteiger partial charge in [0.2, 0.25) is 0 Å². The van der Waals surface area contributed by atoms with Crippen LogP contribution in [0.5, 0.6) is 5.75 Å². The van der Waals surface area contributed by atoms with Crippen molar-refractivity contribution >= 4 is 31.6 Å². The third-order valence-electron chi connectivity index (χ3n) is 3.89. The fourth-order valence-corrected chi connectivity index (χ4v) is 3.90. The Morgan fingerprint density at radius 3 is 2.87 bits per heavy atom. The second-order valence-corrected chi connectivity index (χ2v) is 6.37. The molecule has 3 aromatic heterocycles. The van der Waals surface area contributed by atoms with Crippen molar-refractivity contribution in [1.29, 1.82) is 0 Å². The number of nitrogens with zero attached hydrogens (tertiary/aromatic N) is 2. The lowest BCUT2D eigenvalue weighted by molar-refractivity contribution is 0.420. The Bertz CT molecular complexity index is 1100. The van der Waals surface area contributed by atoms with Crippen LogP contribution >= 0.6 is 11.3 Å². The highest BCUT2D eigenvalue weighted by atomic mass is 32.1. The number of hydrogen-bond acceptors (Lipinski definition) is 4. The monoisotopic (exact) mass is 322 g/mol. The highest BCUT2D eigenvalue weighted by Gasteiger charge is 2.15. The van der Waals surface area contributed by atoms with Crippen LogP contribution in [0.3, 0.4) is 0 Å². The Hall–Kier alpha value is -2.66. The summed E-state index contributed by atoms with van der Waals surface area (Å²) in [6, 6.07) is 11.7. The van der Waals surface area contributed by atoms with E-state index in [1.165, 1.54) is 11.3 Å². The first-order valence-electron chi connectivity index (χ1n) is 7.23. The number of benzene rings is 1. The molecule has 0 fully saturated rings. The molecule has 4 rings (SSSR count). The summed E-state index contributed by atoms with van der Waals surface area (Å²) in [5, 5.41) is 1.80. The zero-order valence-electron chi connectivity index (χ0n) is 12.7. The smallest absolute Gasteiger partial charge is 0.273 e. The van der Waals surface area contributed by atoms with Crippen molar-refractivity contribution in [3.05, 3.63) is 64.7 Å². The maximum atomic E-state index is 12.9. The van der Waals surface area contributed by atoms with Gasteiger partial charge in [-0.05, 0) is 36.8 Å². The summed E-state index contributed by atoms with van der Waals surface area (Å²) in [5.74, 6) is 0.744. The van der Waals surface area contributed by atoms with E-state index in [9.17, 15) is 4.79 Å². The van der Waals surface area contributed by atoms with Gasteiger partial charge in [0.1, 0.15) is 15.3 Å². The third-order valence-corrected chi connectivity index (χ3v) is 5.00. The van der Waals surface area contributed by atoms with E-state index in [4.69, 9.17) is 4.74 Å². The maximum absolute atomic E-state index is 12.9. The molecule has 0 aliphatic carbocycles. The first kappa shape index (κ1) is 14.0. The topological polar surface area (TPSA) is 44.1 Å². The average molecular weight is 322 g/mol. The number of methoxy groups -OCH3 is 1. The Kier molecular flexibility index (Phi) is 3.16. The number of thiophene rings is 1. The molecule has 0 spiro atoms. The van der Waals surface area contributed by atoms with Crippen molar-refractivity contribution < 1.29 is 4.74 Å². The van der Waals surface area contributed by atoms with Crippen LogP contribution in [0.1, 0.15) is 5.56 Å². The molecule has 1 aromatic carbocycles. The Morgan fingerprint density at radius 1 is 1.22 bits per heavy atom. The van der Waals surface area contributed by atoms with Gasteiger partial charge in [-0.3, -0.25) is 9.36 Å². The molecule has 4 nitrogen and oxygen atoms in total. The van der Waals surface area contributed by atoms with Gasteiger partial charge in [-0.1, -0.05) is 12.1 Å². The fraction of sp³-hybridized carbons (Fsp3) is 0.111. The van der Waals surface area contributed by atoms with Crippen LogP contribution in [0.15, 0.2) is 53.6 Å². The molecule has 0 aliphatic heterocycles. The number of rotatable bonds is 2. The molecule has 0 N–H and O–H groups in total. The second-order valence-electron chi connectivity index (χ2n) is 5.37. The molecule has 0 saturated heterocycles. The summed E-state index contributed by atoms with van der Waals surface area (Å²) in [6.07, 6.45) is 3.52. The summed E-state index contributed by atoms with van der Waals surface area (Å²) < 4.78 is 7.80. The minimum atomic E-state index is -0.0295. The number of hydrogen-bond donors (Lipinski definition) is 0. The van der Waals surface area contributed by atoms with Crippen molar-refractivity contribution in [2.75, 3.05) is 7.11 Å². The molecule has 0 amide bonds. The van der Waals surface area contributed by atoms with Gasteiger partial charge in [0, 0.05) is 23.5 Å². The van der Waals surface area contributed by atoms with Crippen molar-refractivity contribution in [3.63, 3.8) is 0 Å². The summed E-state index contributed by atoms with van der Waals surface area (Å²) >= 11 is 1.41. The van der Waals surface area contributed by atoms with Crippen LogP contribution in [0.2, 0.25) is 0 Å². The van der Waals surface area contributed by atoms with Crippen LogP contribution < -0.4 is 10.3 Å². The van der Waals surface area contributed by atoms with Crippen LogP contribution in [0, 0.1) is 6.92 Å². The Balaban J connectivity index is 2.07. The van der Waals surface area contributed by atoms with E-state index in [2.05, 4.69) is 4.98 Å². The molecule has 0 bridgehead atoms. The number of aromatic nitrogens is 2. The molecular weight excluding hydrogens is 308 g/mol. The molecule has 0 aliphatic rings. The van der Waals surface area contributed by atoms with Gasteiger partial charge in [-0.15, -0.1) is 11.3 Å². The van der Waals surface area contributed by atoms with Crippen LogP contribution in [0.4, 0.5) is 0 Å². The first-order valence-corrected chi connectivity index (χ1v) is 8.04. The van der Waals surface area contributed by atoms with Crippen LogP contribution in [-0.2, 0) is 0 Å².